The van der Waals surface area contributed by atoms with Gasteiger partial charge in [-0.05, 0) is 25.8 Å². The maximum atomic E-state index is 12.7. The smallest absolute Gasteiger partial charge is 0.311 e. The number of hydrogen-bond donors (Lipinski definition) is 1. The number of nitrogens with zero attached hydrogens (tertiary/aromatic N) is 1. The zero-order valence-electron chi connectivity index (χ0n) is 15.4. The molecule has 6 nitrogen and oxygen atoms in total. The van der Waals surface area contributed by atoms with E-state index >= 15 is 0 Å². The van der Waals surface area contributed by atoms with Crippen LogP contribution in [0.2, 0.25) is 0 Å². The first-order valence-corrected chi connectivity index (χ1v) is 9.65. The fourth-order valence-corrected chi connectivity index (χ4v) is 4.28. The summed E-state index contributed by atoms with van der Waals surface area (Å²) in [6, 6.07) is 7.78. The molecule has 1 N–H and O–H groups in total. The highest BCUT2D eigenvalue weighted by Gasteiger charge is 2.40. The van der Waals surface area contributed by atoms with Gasteiger partial charge >= 0.3 is 5.97 Å². The Labute approximate surface area is 157 Å². The van der Waals surface area contributed by atoms with Gasteiger partial charge < -0.3 is 14.6 Å². The highest BCUT2D eigenvalue weighted by molar-refractivity contribution is 6.10. The van der Waals surface area contributed by atoms with Crippen LogP contribution in [-0.4, -0.2) is 46.2 Å². The van der Waals surface area contributed by atoms with E-state index in [1.54, 1.807) is 13.1 Å². The Morgan fingerprint density at radius 3 is 2.74 bits per heavy atom. The van der Waals surface area contributed by atoms with Crippen molar-refractivity contribution in [1.29, 1.82) is 0 Å². The molecule has 0 bridgehead atoms. The van der Waals surface area contributed by atoms with Crippen molar-refractivity contribution < 1.29 is 19.1 Å². The molecule has 0 spiro atoms. The fraction of sp³-hybridized carbons (Fsp3) is 0.476. The summed E-state index contributed by atoms with van der Waals surface area (Å²) < 4.78 is 5.45. The molecule has 142 valence electrons. The predicted molar refractivity (Wildman–Crippen MR) is 100 cm³/mol. The number of esters is 1. The number of fused-ring (bicyclic) bond motifs is 1. The molecule has 2 aromatic rings. The Kier molecular flexibility index (Phi) is 4.72. The van der Waals surface area contributed by atoms with E-state index < -0.39 is 18.0 Å². The Morgan fingerprint density at radius 1 is 1.22 bits per heavy atom. The molecular formula is C21H24N2O4. The van der Waals surface area contributed by atoms with Crippen molar-refractivity contribution >= 4 is 28.6 Å². The van der Waals surface area contributed by atoms with E-state index in [4.69, 9.17) is 4.74 Å². The standard InChI is InChI=1S/C21H24N2O4/c1-13(20(25)17-11-22-18-9-5-4-8-16(17)18)27-21(26)14-10-19(24)23(12-14)15-6-2-3-7-15/h4-5,8-9,11,13-15,22H,2-3,6-7,10,12H2,1H3/t13-,14-/m1/s1. The Morgan fingerprint density at radius 2 is 1.96 bits per heavy atom. The molecule has 1 aliphatic heterocycles. The second kappa shape index (κ2) is 7.18. The molecule has 4 rings (SSSR count). The largest absolute Gasteiger partial charge is 0.454 e. The highest BCUT2D eigenvalue weighted by atomic mass is 16.5. The normalized spacial score (nSPS) is 21.7. The van der Waals surface area contributed by atoms with Crippen LogP contribution in [0.3, 0.4) is 0 Å². The number of amides is 1. The van der Waals surface area contributed by atoms with Crippen LogP contribution in [0.15, 0.2) is 30.5 Å². The number of benzene rings is 1. The lowest BCUT2D eigenvalue weighted by molar-refractivity contribution is -0.151. The van der Waals surface area contributed by atoms with Gasteiger partial charge in [0.15, 0.2) is 6.10 Å². The fourth-order valence-electron chi connectivity index (χ4n) is 4.28. The number of Topliss-reactive ketones (excluding diaryl/α,β-unsaturated/α-hetero) is 1. The molecule has 0 unspecified atom stereocenters. The van der Waals surface area contributed by atoms with Gasteiger partial charge in [0.25, 0.3) is 0 Å². The summed E-state index contributed by atoms with van der Waals surface area (Å²) in [7, 11) is 0. The van der Waals surface area contributed by atoms with E-state index in [9.17, 15) is 14.4 Å². The van der Waals surface area contributed by atoms with Gasteiger partial charge in [-0.15, -0.1) is 0 Å². The molecule has 1 aromatic carbocycles. The zero-order valence-corrected chi connectivity index (χ0v) is 15.4. The van der Waals surface area contributed by atoms with Gasteiger partial charge in [-0.1, -0.05) is 31.0 Å². The van der Waals surface area contributed by atoms with Gasteiger partial charge in [-0.25, -0.2) is 0 Å². The Bertz CT molecular complexity index is 881. The van der Waals surface area contributed by atoms with E-state index in [2.05, 4.69) is 4.98 Å². The van der Waals surface area contributed by atoms with Crippen molar-refractivity contribution in [2.45, 2.75) is 51.2 Å². The number of carbonyl (C=O) groups excluding carboxylic acids is 3. The van der Waals surface area contributed by atoms with E-state index in [1.165, 1.54) is 0 Å². The monoisotopic (exact) mass is 368 g/mol. The number of nitrogens with one attached hydrogen (secondary N) is 1. The van der Waals surface area contributed by atoms with Crippen LogP contribution in [-0.2, 0) is 14.3 Å². The van der Waals surface area contributed by atoms with Crippen molar-refractivity contribution in [3.63, 3.8) is 0 Å². The van der Waals surface area contributed by atoms with E-state index in [-0.39, 0.29) is 24.2 Å². The molecule has 1 saturated carbocycles. The number of H-pyrrole nitrogens is 1. The number of carbonyl (C=O) groups is 3. The van der Waals surface area contributed by atoms with Crippen LogP contribution in [0.1, 0.15) is 49.4 Å². The second-order valence-electron chi connectivity index (χ2n) is 7.58. The van der Waals surface area contributed by atoms with Crippen molar-refractivity contribution in [3.05, 3.63) is 36.0 Å². The van der Waals surface area contributed by atoms with Gasteiger partial charge in [-0.3, -0.25) is 14.4 Å². The lowest BCUT2D eigenvalue weighted by Crippen LogP contribution is -2.35. The quantitative estimate of drug-likeness (QED) is 0.650. The lowest BCUT2D eigenvalue weighted by atomic mass is 10.1. The van der Waals surface area contributed by atoms with Crippen LogP contribution in [0.5, 0.6) is 0 Å². The summed E-state index contributed by atoms with van der Waals surface area (Å²) in [5, 5.41) is 0.814. The third-order valence-corrected chi connectivity index (χ3v) is 5.77. The Balaban J connectivity index is 1.40. The minimum Gasteiger partial charge on any atom is -0.454 e. The number of aromatic nitrogens is 1. The molecule has 2 aliphatic rings. The average molecular weight is 368 g/mol. The number of hydrogen-bond acceptors (Lipinski definition) is 4. The maximum Gasteiger partial charge on any atom is 0.311 e. The summed E-state index contributed by atoms with van der Waals surface area (Å²) in [5.41, 5.74) is 1.38. The summed E-state index contributed by atoms with van der Waals surface area (Å²) in [4.78, 5) is 42.4. The summed E-state index contributed by atoms with van der Waals surface area (Å²) >= 11 is 0. The van der Waals surface area contributed by atoms with Crippen LogP contribution in [0.25, 0.3) is 10.9 Å². The van der Waals surface area contributed by atoms with Crippen molar-refractivity contribution in [1.82, 2.24) is 9.88 Å². The summed E-state index contributed by atoms with van der Waals surface area (Å²) in [6.07, 6.45) is 5.26. The molecule has 1 saturated heterocycles. The first-order valence-electron chi connectivity index (χ1n) is 9.65. The molecule has 0 radical (unpaired) electrons. The minimum absolute atomic E-state index is 0.0273. The summed E-state index contributed by atoms with van der Waals surface area (Å²) in [5.74, 6) is -1.14. The van der Waals surface area contributed by atoms with Crippen molar-refractivity contribution in [2.75, 3.05) is 6.54 Å². The zero-order chi connectivity index (χ0) is 19.0. The number of ketones is 1. The second-order valence-corrected chi connectivity index (χ2v) is 7.58. The number of para-hydroxylation sites is 1. The first-order chi connectivity index (χ1) is 13.0. The van der Waals surface area contributed by atoms with Gasteiger partial charge in [0.05, 0.1) is 5.92 Å². The third-order valence-electron chi connectivity index (χ3n) is 5.77. The van der Waals surface area contributed by atoms with Gasteiger partial charge in [-0.2, -0.15) is 0 Å². The molecule has 1 aliphatic carbocycles. The molecule has 6 heteroatoms. The van der Waals surface area contributed by atoms with E-state index in [1.807, 2.05) is 29.2 Å². The molecule has 2 heterocycles. The number of ether oxygens (including phenoxy) is 1. The summed E-state index contributed by atoms with van der Waals surface area (Å²) in [6.45, 7) is 2.00. The van der Waals surface area contributed by atoms with Crippen molar-refractivity contribution in [3.8, 4) is 0 Å². The predicted octanol–water partition coefficient (Wildman–Crippen LogP) is 3.07. The number of aromatic amines is 1. The molecule has 2 atom stereocenters. The molecule has 2 fully saturated rings. The van der Waals surface area contributed by atoms with Gasteiger partial charge in [0.1, 0.15) is 0 Å². The van der Waals surface area contributed by atoms with Gasteiger partial charge in [0.2, 0.25) is 11.7 Å². The van der Waals surface area contributed by atoms with E-state index in [0.717, 1.165) is 36.6 Å². The van der Waals surface area contributed by atoms with Gasteiger partial charge in [0, 0.05) is 41.7 Å². The van der Waals surface area contributed by atoms with E-state index in [0.29, 0.717) is 12.1 Å². The number of likely N-dealkylation sites (tertiary alicyclic amines) is 1. The maximum absolute atomic E-state index is 12.7. The van der Waals surface area contributed by atoms with Crippen LogP contribution < -0.4 is 0 Å². The van der Waals surface area contributed by atoms with Crippen LogP contribution in [0.4, 0.5) is 0 Å². The molecule has 1 amide bonds. The number of rotatable bonds is 5. The molecule has 1 aromatic heterocycles. The Hall–Kier alpha value is -2.63. The third kappa shape index (κ3) is 3.36. The lowest BCUT2D eigenvalue weighted by Gasteiger charge is -2.24. The first kappa shape index (κ1) is 17.8. The SMILES string of the molecule is C[C@@H](OC(=O)[C@@H]1CC(=O)N(C2CCCC2)C1)C(=O)c1c[nH]c2ccccc12. The molecular weight excluding hydrogens is 344 g/mol. The minimum atomic E-state index is -0.882. The van der Waals surface area contributed by atoms with Crippen molar-refractivity contribution in [2.24, 2.45) is 5.92 Å². The average Bonchev–Trinajstić information content (AvgIpc) is 3.40. The topological polar surface area (TPSA) is 79.5 Å². The van der Waals surface area contributed by atoms with Crippen LogP contribution >= 0.6 is 0 Å². The molecule has 27 heavy (non-hydrogen) atoms. The highest BCUT2D eigenvalue weighted by Crippen LogP contribution is 2.30. The van der Waals surface area contributed by atoms with Crippen LogP contribution in [0, 0.1) is 5.92 Å².